The summed E-state index contributed by atoms with van der Waals surface area (Å²) in [6, 6.07) is 4.82. The lowest BCUT2D eigenvalue weighted by molar-refractivity contribution is -0.117. The Morgan fingerprint density at radius 2 is 2.31 bits per heavy atom. The third-order valence-electron chi connectivity index (χ3n) is 3.02. The summed E-state index contributed by atoms with van der Waals surface area (Å²) in [7, 11) is 0. The first-order chi connectivity index (χ1) is 7.63. The smallest absolute Gasteiger partial charge is 0.227 e. The minimum absolute atomic E-state index is 0.0404. The van der Waals surface area contributed by atoms with E-state index in [0.717, 1.165) is 0 Å². The predicted molar refractivity (Wildman–Crippen MR) is 61.8 cm³/mol. The van der Waals surface area contributed by atoms with E-state index in [1.54, 1.807) is 30.0 Å². The normalized spacial score (nSPS) is 20.2. The van der Waals surface area contributed by atoms with Crippen LogP contribution in [0.1, 0.15) is 12.0 Å². The second-order valence-corrected chi connectivity index (χ2v) is 4.09. The maximum atomic E-state index is 13.4. The number of amides is 1. The van der Waals surface area contributed by atoms with Gasteiger partial charge in [-0.05, 0) is 19.1 Å². The van der Waals surface area contributed by atoms with Gasteiger partial charge in [0, 0.05) is 30.1 Å². The molecule has 0 aromatic heterocycles. The van der Waals surface area contributed by atoms with Crippen molar-refractivity contribution in [1.82, 2.24) is 0 Å². The molecule has 0 aliphatic carbocycles. The summed E-state index contributed by atoms with van der Waals surface area (Å²) >= 11 is 0. The van der Waals surface area contributed by atoms with Crippen LogP contribution in [0.3, 0.4) is 0 Å². The van der Waals surface area contributed by atoms with E-state index in [1.807, 2.05) is 0 Å². The summed E-state index contributed by atoms with van der Waals surface area (Å²) in [5.74, 6) is -0.0545. The molecule has 2 rings (SSSR count). The SMILES string of the molecule is C=CC1CC(=O)N(c2cccc(F)c2C)C1. The lowest BCUT2D eigenvalue weighted by Gasteiger charge is -2.18. The molecular weight excluding hydrogens is 205 g/mol. The molecule has 1 fully saturated rings. The number of hydrogen-bond acceptors (Lipinski definition) is 1. The number of benzene rings is 1. The van der Waals surface area contributed by atoms with Crippen LogP contribution in [-0.2, 0) is 4.79 Å². The average Bonchev–Trinajstić information content (AvgIpc) is 2.64. The van der Waals surface area contributed by atoms with Crippen molar-refractivity contribution in [2.24, 2.45) is 5.92 Å². The Hall–Kier alpha value is -1.64. The molecule has 1 unspecified atom stereocenters. The van der Waals surface area contributed by atoms with E-state index in [1.165, 1.54) is 6.07 Å². The van der Waals surface area contributed by atoms with Gasteiger partial charge < -0.3 is 4.90 Å². The van der Waals surface area contributed by atoms with E-state index in [-0.39, 0.29) is 17.6 Å². The molecule has 2 nitrogen and oxygen atoms in total. The average molecular weight is 219 g/mol. The van der Waals surface area contributed by atoms with Crippen LogP contribution in [0.25, 0.3) is 0 Å². The second kappa shape index (κ2) is 4.08. The monoisotopic (exact) mass is 219 g/mol. The van der Waals surface area contributed by atoms with E-state index in [0.29, 0.717) is 24.2 Å². The third kappa shape index (κ3) is 1.73. The van der Waals surface area contributed by atoms with Crippen LogP contribution in [0.5, 0.6) is 0 Å². The Labute approximate surface area is 94.4 Å². The first-order valence-corrected chi connectivity index (χ1v) is 5.31. The predicted octanol–water partition coefficient (Wildman–Crippen LogP) is 2.67. The van der Waals surface area contributed by atoms with Gasteiger partial charge in [-0.3, -0.25) is 4.79 Å². The number of carbonyl (C=O) groups is 1. The lowest BCUT2D eigenvalue weighted by Crippen LogP contribution is -2.25. The fraction of sp³-hybridized carbons (Fsp3) is 0.308. The van der Waals surface area contributed by atoms with Crippen LogP contribution in [0, 0.1) is 18.7 Å². The molecule has 1 atom stereocenters. The van der Waals surface area contributed by atoms with Gasteiger partial charge in [0.15, 0.2) is 0 Å². The van der Waals surface area contributed by atoms with E-state index in [9.17, 15) is 9.18 Å². The number of halogens is 1. The van der Waals surface area contributed by atoms with E-state index in [2.05, 4.69) is 6.58 Å². The Morgan fingerprint density at radius 3 is 2.94 bits per heavy atom. The van der Waals surface area contributed by atoms with E-state index in [4.69, 9.17) is 0 Å². The van der Waals surface area contributed by atoms with Gasteiger partial charge in [-0.15, -0.1) is 6.58 Å². The summed E-state index contributed by atoms with van der Waals surface area (Å²) in [5.41, 5.74) is 1.20. The largest absolute Gasteiger partial charge is 0.311 e. The van der Waals surface area contributed by atoms with Crippen molar-refractivity contribution < 1.29 is 9.18 Å². The molecule has 1 aliphatic heterocycles. The molecule has 0 spiro atoms. The zero-order valence-corrected chi connectivity index (χ0v) is 9.24. The molecule has 0 bridgehead atoms. The standard InChI is InChI=1S/C13H14FNO/c1-3-10-7-13(16)15(8-10)12-6-4-5-11(14)9(12)2/h3-6,10H,1,7-8H2,2H3. The zero-order valence-electron chi connectivity index (χ0n) is 9.24. The number of carbonyl (C=O) groups excluding carboxylic acids is 1. The van der Waals surface area contributed by atoms with Gasteiger partial charge in [-0.1, -0.05) is 12.1 Å². The fourth-order valence-electron chi connectivity index (χ4n) is 2.01. The zero-order chi connectivity index (χ0) is 11.7. The third-order valence-corrected chi connectivity index (χ3v) is 3.02. The minimum atomic E-state index is -0.271. The molecule has 1 aromatic carbocycles. The van der Waals surface area contributed by atoms with Crippen LogP contribution in [0.4, 0.5) is 10.1 Å². The van der Waals surface area contributed by atoms with Crippen molar-refractivity contribution in [2.45, 2.75) is 13.3 Å². The maximum Gasteiger partial charge on any atom is 0.227 e. The van der Waals surface area contributed by atoms with Gasteiger partial charge in [-0.25, -0.2) is 4.39 Å². The molecule has 1 aliphatic rings. The summed E-state index contributed by atoms with van der Waals surface area (Å²) in [6.07, 6.45) is 2.26. The Morgan fingerprint density at radius 1 is 1.56 bits per heavy atom. The Kier molecular flexibility index (Phi) is 2.77. The second-order valence-electron chi connectivity index (χ2n) is 4.09. The Bertz CT molecular complexity index is 442. The van der Waals surface area contributed by atoms with Crippen LogP contribution < -0.4 is 4.90 Å². The molecular formula is C13H14FNO. The summed E-state index contributed by atoms with van der Waals surface area (Å²) in [6.45, 7) is 5.99. The minimum Gasteiger partial charge on any atom is -0.311 e. The van der Waals surface area contributed by atoms with Gasteiger partial charge in [-0.2, -0.15) is 0 Å². The highest BCUT2D eigenvalue weighted by molar-refractivity contribution is 5.96. The fourth-order valence-corrected chi connectivity index (χ4v) is 2.01. The highest BCUT2D eigenvalue weighted by Gasteiger charge is 2.29. The molecule has 0 radical (unpaired) electrons. The number of nitrogens with zero attached hydrogens (tertiary/aromatic N) is 1. The van der Waals surface area contributed by atoms with Crippen molar-refractivity contribution in [3.63, 3.8) is 0 Å². The molecule has 1 heterocycles. The van der Waals surface area contributed by atoms with Gasteiger partial charge in [0.25, 0.3) is 0 Å². The van der Waals surface area contributed by atoms with Crippen LogP contribution in [0.2, 0.25) is 0 Å². The number of anilines is 1. The summed E-state index contributed by atoms with van der Waals surface area (Å²) < 4.78 is 13.4. The molecule has 1 amide bonds. The van der Waals surface area contributed by atoms with E-state index < -0.39 is 0 Å². The molecule has 0 saturated carbocycles. The molecule has 84 valence electrons. The van der Waals surface area contributed by atoms with Crippen LogP contribution >= 0.6 is 0 Å². The van der Waals surface area contributed by atoms with Crippen molar-refractivity contribution >= 4 is 11.6 Å². The van der Waals surface area contributed by atoms with Crippen molar-refractivity contribution in [1.29, 1.82) is 0 Å². The van der Waals surface area contributed by atoms with Gasteiger partial charge >= 0.3 is 0 Å². The van der Waals surface area contributed by atoms with Crippen LogP contribution in [-0.4, -0.2) is 12.5 Å². The lowest BCUT2D eigenvalue weighted by atomic mass is 10.1. The van der Waals surface area contributed by atoms with Gasteiger partial charge in [0.2, 0.25) is 5.91 Å². The van der Waals surface area contributed by atoms with Gasteiger partial charge in [0.05, 0.1) is 0 Å². The summed E-state index contributed by atoms with van der Waals surface area (Å²) in [5, 5.41) is 0. The molecule has 1 saturated heterocycles. The first-order valence-electron chi connectivity index (χ1n) is 5.31. The number of hydrogen-bond donors (Lipinski definition) is 0. The Balaban J connectivity index is 2.35. The van der Waals surface area contributed by atoms with Crippen molar-refractivity contribution in [3.8, 4) is 0 Å². The topological polar surface area (TPSA) is 20.3 Å². The van der Waals surface area contributed by atoms with Gasteiger partial charge in [0.1, 0.15) is 5.82 Å². The molecule has 0 N–H and O–H groups in total. The highest BCUT2D eigenvalue weighted by Crippen LogP contribution is 2.29. The van der Waals surface area contributed by atoms with E-state index >= 15 is 0 Å². The molecule has 1 aromatic rings. The number of rotatable bonds is 2. The summed E-state index contributed by atoms with van der Waals surface area (Å²) in [4.78, 5) is 13.4. The molecule has 16 heavy (non-hydrogen) atoms. The first kappa shape index (κ1) is 10.9. The molecule has 3 heteroatoms. The van der Waals surface area contributed by atoms with Crippen LogP contribution in [0.15, 0.2) is 30.9 Å². The maximum absolute atomic E-state index is 13.4. The highest BCUT2D eigenvalue weighted by atomic mass is 19.1. The van der Waals surface area contributed by atoms with Crippen molar-refractivity contribution in [2.75, 3.05) is 11.4 Å². The quantitative estimate of drug-likeness (QED) is 0.700. The van der Waals surface area contributed by atoms with Crippen molar-refractivity contribution in [3.05, 3.63) is 42.2 Å².